The minimum Gasteiger partial charge on any atom is -0.451 e. The highest BCUT2D eigenvalue weighted by Gasteiger charge is 2.56. The van der Waals surface area contributed by atoms with E-state index >= 15 is 0 Å². The van der Waals surface area contributed by atoms with Crippen LogP contribution < -0.4 is 5.32 Å². The van der Waals surface area contributed by atoms with E-state index in [0.29, 0.717) is 12.8 Å². The molecule has 156 valence electrons. The van der Waals surface area contributed by atoms with Crippen LogP contribution in [0.15, 0.2) is 18.3 Å². The second-order valence-corrected chi connectivity index (χ2v) is 7.65. The van der Waals surface area contributed by atoms with Crippen LogP contribution in [0.4, 0.5) is 10.5 Å². The summed E-state index contributed by atoms with van der Waals surface area (Å²) >= 11 is 5.89. The summed E-state index contributed by atoms with van der Waals surface area (Å²) in [7, 11) is 1.59. The fourth-order valence-electron chi connectivity index (χ4n) is 3.80. The number of nitrogens with one attached hydrogen (secondary N) is 1. The number of anilines is 1. The third kappa shape index (κ3) is 4.05. The number of nitrogens with zero attached hydrogens (tertiary/aromatic N) is 3. The Labute approximate surface area is 173 Å². The van der Waals surface area contributed by atoms with Crippen LogP contribution in [0.1, 0.15) is 39.0 Å². The van der Waals surface area contributed by atoms with Gasteiger partial charge in [-0.25, -0.2) is 9.78 Å². The number of ether oxygens (including phenoxy) is 1. The van der Waals surface area contributed by atoms with Crippen LogP contribution in [-0.2, 0) is 19.1 Å². The highest BCUT2D eigenvalue weighted by molar-refractivity contribution is 6.32. The van der Waals surface area contributed by atoms with Gasteiger partial charge in [0.1, 0.15) is 12.1 Å². The van der Waals surface area contributed by atoms with Gasteiger partial charge in [0, 0.05) is 13.2 Å². The quantitative estimate of drug-likeness (QED) is 0.442. The molecular formula is C19H23ClN4O5. The summed E-state index contributed by atoms with van der Waals surface area (Å²) in [5.74, 6) is -1.82. The van der Waals surface area contributed by atoms with E-state index in [1.165, 1.54) is 18.0 Å². The van der Waals surface area contributed by atoms with E-state index in [2.05, 4.69) is 10.3 Å². The Morgan fingerprint density at radius 3 is 2.66 bits per heavy atom. The molecule has 1 aromatic rings. The molecule has 3 rings (SSSR count). The van der Waals surface area contributed by atoms with E-state index in [0.717, 1.165) is 24.2 Å². The Bertz CT molecular complexity index is 840. The zero-order chi connectivity index (χ0) is 21.2. The van der Waals surface area contributed by atoms with E-state index < -0.39 is 36.1 Å². The van der Waals surface area contributed by atoms with E-state index in [1.807, 2.05) is 0 Å². The lowest BCUT2D eigenvalue weighted by atomic mass is 9.81. The van der Waals surface area contributed by atoms with Gasteiger partial charge in [0.15, 0.2) is 11.3 Å². The van der Waals surface area contributed by atoms with Crippen molar-refractivity contribution in [2.24, 2.45) is 0 Å². The molecule has 9 nitrogen and oxygen atoms in total. The SMILES string of the molecule is C[C@H](OC(=O)CN1C(=O)N(C)C2(CCCCC2)C1=O)C(=O)Nc1cccnc1Cl. The first kappa shape index (κ1) is 21.0. The maximum atomic E-state index is 12.9. The molecule has 1 spiro atoms. The number of amides is 4. The number of hydrogen-bond acceptors (Lipinski definition) is 6. The minimum atomic E-state index is -1.15. The Morgan fingerprint density at radius 1 is 1.31 bits per heavy atom. The fourth-order valence-corrected chi connectivity index (χ4v) is 3.97. The minimum absolute atomic E-state index is 0.105. The van der Waals surface area contributed by atoms with Crippen molar-refractivity contribution in [2.45, 2.75) is 50.7 Å². The van der Waals surface area contributed by atoms with Gasteiger partial charge < -0.3 is 15.0 Å². The summed E-state index contributed by atoms with van der Waals surface area (Å²) in [6.45, 7) is 0.856. The second kappa shape index (κ2) is 8.36. The monoisotopic (exact) mass is 422 g/mol. The normalized spacial score (nSPS) is 19.4. The number of hydrogen-bond donors (Lipinski definition) is 1. The molecule has 1 atom stereocenters. The number of aromatic nitrogens is 1. The number of pyridine rings is 1. The van der Waals surface area contributed by atoms with Crippen molar-refractivity contribution in [3.63, 3.8) is 0 Å². The van der Waals surface area contributed by atoms with Gasteiger partial charge in [-0.1, -0.05) is 30.9 Å². The smallest absolute Gasteiger partial charge is 0.327 e. The number of likely N-dealkylation sites (N-methyl/N-ethyl adjacent to an activating group) is 1. The highest BCUT2D eigenvalue weighted by Crippen LogP contribution is 2.39. The number of carbonyl (C=O) groups is 4. The molecule has 1 aromatic heterocycles. The van der Waals surface area contributed by atoms with E-state index in [-0.39, 0.29) is 16.7 Å². The van der Waals surface area contributed by atoms with Crippen LogP contribution >= 0.6 is 11.6 Å². The van der Waals surface area contributed by atoms with Crippen molar-refractivity contribution >= 4 is 41.1 Å². The van der Waals surface area contributed by atoms with E-state index in [1.54, 1.807) is 19.2 Å². The molecule has 0 bridgehead atoms. The molecule has 0 aromatic carbocycles. The van der Waals surface area contributed by atoms with Gasteiger partial charge in [-0.2, -0.15) is 0 Å². The fraction of sp³-hybridized carbons (Fsp3) is 0.526. The summed E-state index contributed by atoms with van der Waals surface area (Å²) in [6.07, 6.45) is 4.24. The van der Waals surface area contributed by atoms with Crippen molar-refractivity contribution in [2.75, 3.05) is 18.9 Å². The molecule has 1 aliphatic heterocycles. The lowest BCUT2D eigenvalue weighted by Gasteiger charge is -2.35. The lowest BCUT2D eigenvalue weighted by molar-refractivity contribution is -0.155. The number of rotatable bonds is 5. The average Bonchev–Trinajstić information content (AvgIpc) is 2.86. The van der Waals surface area contributed by atoms with Crippen LogP contribution in [-0.4, -0.2) is 63.8 Å². The summed E-state index contributed by atoms with van der Waals surface area (Å²) in [5, 5.41) is 2.62. The van der Waals surface area contributed by atoms with Gasteiger partial charge in [0.2, 0.25) is 0 Å². The van der Waals surface area contributed by atoms with Gasteiger partial charge in [0.05, 0.1) is 5.69 Å². The molecule has 1 saturated carbocycles. The largest absolute Gasteiger partial charge is 0.451 e. The van der Waals surface area contributed by atoms with Crippen molar-refractivity contribution in [3.8, 4) is 0 Å². The molecule has 0 unspecified atom stereocenters. The van der Waals surface area contributed by atoms with Gasteiger partial charge in [0.25, 0.3) is 11.8 Å². The van der Waals surface area contributed by atoms with E-state index in [4.69, 9.17) is 16.3 Å². The van der Waals surface area contributed by atoms with Crippen LogP contribution in [0.2, 0.25) is 5.15 Å². The average molecular weight is 423 g/mol. The maximum absolute atomic E-state index is 12.9. The van der Waals surface area contributed by atoms with Crippen molar-refractivity contribution < 1.29 is 23.9 Å². The Hall–Kier alpha value is -2.68. The lowest BCUT2D eigenvalue weighted by Crippen LogP contribution is -2.49. The molecule has 4 amide bonds. The Kier molecular flexibility index (Phi) is 6.07. The van der Waals surface area contributed by atoms with Crippen LogP contribution in [0.3, 0.4) is 0 Å². The zero-order valence-corrected chi connectivity index (χ0v) is 17.1. The second-order valence-electron chi connectivity index (χ2n) is 7.29. The number of imide groups is 1. The molecule has 1 saturated heterocycles. The summed E-state index contributed by atoms with van der Waals surface area (Å²) in [6, 6.07) is 2.64. The number of urea groups is 1. The first-order chi connectivity index (χ1) is 13.8. The summed E-state index contributed by atoms with van der Waals surface area (Å²) in [5.41, 5.74) is -0.580. The van der Waals surface area contributed by atoms with Crippen LogP contribution in [0, 0.1) is 0 Å². The molecule has 2 heterocycles. The topological polar surface area (TPSA) is 109 Å². The van der Waals surface area contributed by atoms with Gasteiger partial charge in [-0.3, -0.25) is 19.3 Å². The molecule has 29 heavy (non-hydrogen) atoms. The highest BCUT2D eigenvalue weighted by atomic mass is 35.5. The number of carbonyl (C=O) groups excluding carboxylic acids is 4. The molecule has 1 aliphatic carbocycles. The number of halogens is 1. The van der Waals surface area contributed by atoms with Crippen LogP contribution in [0.5, 0.6) is 0 Å². The number of esters is 1. The first-order valence-corrected chi connectivity index (χ1v) is 9.84. The van der Waals surface area contributed by atoms with Gasteiger partial charge >= 0.3 is 12.0 Å². The predicted octanol–water partition coefficient (Wildman–Crippen LogP) is 2.20. The molecule has 2 aliphatic rings. The third-order valence-electron chi connectivity index (χ3n) is 5.47. The molecule has 2 fully saturated rings. The predicted molar refractivity (Wildman–Crippen MR) is 104 cm³/mol. The van der Waals surface area contributed by atoms with Crippen LogP contribution in [0.25, 0.3) is 0 Å². The molecule has 1 N–H and O–H groups in total. The van der Waals surface area contributed by atoms with Gasteiger partial charge in [-0.05, 0) is 31.9 Å². The summed E-state index contributed by atoms with van der Waals surface area (Å²) in [4.78, 5) is 56.2. The molecular weight excluding hydrogens is 400 g/mol. The standard InChI is InChI=1S/C19H23ClN4O5/c1-12(16(26)22-13-7-6-10-21-15(13)20)29-14(25)11-24-17(27)19(23(2)18(24)28)8-4-3-5-9-19/h6-7,10,12H,3-5,8-9,11H2,1-2H3,(H,22,26)/t12-/m0/s1. The molecule has 0 radical (unpaired) electrons. The van der Waals surface area contributed by atoms with Crippen molar-refractivity contribution in [3.05, 3.63) is 23.5 Å². The van der Waals surface area contributed by atoms with Gasteiger partial charge in [-0.15, -0.1) is 0 Å². The van der Waals surface area contributed by atoms with Crippen molar-refractivity contribution in [1.29, 1.82) is 0 Å². The zero-order valence-electron chi connectivity index (χ0n) is 16.3. The first-order valence-electron chi connectivity index (χ1n) is 9.47. The summed E-state index contributed by atoms with van der Waals surface area (Å²) < 4.78 is 5.11. The maximum Gasteiger partial charge on any atom is 0.327 e. The van der Waals surface area contributed by atoms with E-state index in [9.17, 15) is 19.2 Å². The van der Waals surface area contributed by atoms with Crippen molar-refractivity contribution in [1.82, 2.24) is 14.8 Å². The third-order valence-corrected chi connectivity index (χ3v) is 5.77. The Balaban J connectivity index is 1.60. The molecule has 10 heteroatoms. The Morgan fingerprint density at radius 2 is 2.00 bits per heavy atom.